The van der Waals surface area contributed by atoms with E-state index in [1.165, 1.54) is 4.80 Å². The summed E-state index contributed by atoms with van der Waals surface area (Å²) < 4.78 is 2.14. The molecule has 8 nitrogen and oxygen atoms in total. The maximum atomic E-state index is 12.4. The van der Waals surface area contributed by atoms with Gasteiger partial charge in [-0.1, -0.05) is 65.7 Å². The molecule has 0 radical (unpaired) electrons. The molecule has 5 rings (SSSR count). The average molecular weight is 504 g/mol. The number of halogens is 2. The molecule has 35 heavy (non-hydrogen) atoms. The second kappa shape index (κ2) is 10.1. The monoisotopic (exact) mass is 503 g/mol. The molecule has 10 heteroatoms. The summed E-state index contributed by atoms with van der Waals surface area (Å²) in [6.07, 6.45) is 3.63. The normalized spacial score (nSPS) is 11.4. The van der Waals surface area contributed by atoms with Crippen LogP contribution < -0.4 is 5.43 Å². The van der Waals surface area contributed by atoms with Crippen molar-refractivity contribution in [2.24, 2.45) is 5.10 Å². The van der Waals surface area contributed by atoms with Crippen molar-refractivity contribution >= 4 is 46.2 Å². The van der Waals surface area contributed by atoms with E-state index in [0.717, 1.165) is 22.0 Å². The Labute approximate surface area is 210 Å². The Morgan fingerprint density at radius 1 is 1.00 bits per heavy atom. The molecule has 0 aliphatic heterocycles. The molecule has 0 spiro atoms. The van der Waals surface area contributed by atoms with Crippen LogP contribution in [0, 0.1) is 0 Å². The summed E-state index contributed by atoms with van der Waals surface area (Å²) in [5.74, 6) is -0.0327. The number of nitrogens with one attached hydrogen (secondary N) is 1. The molecule has 0 unspecified atom stereocenters. The highest BCUT2D eigenvalue weighted by Crippen LogP contribution is 2.24. The van der Waals surface area contributed by atoms with E-state index in [-0.39, 0.29) is 12.5 Å². The van der Waals surface area contributed by atoms with Crippen molar-refractivity contribution in [1.82, 2.24) is 30.2 Å². The summed E-state index contributed by atoms with van der Waals surface area (Å²) in [5, 5.41) is 18.5. The first-order chi connectivity index (χ1) is 17.1. The van der Waals surface area contributed by atoms with Gasteiger partial charge in [-0.3, -0.25) is 4.79 Å². The van der Waals surface area contributed by atoms with Gasteiger partial charge in [0.15, 0.2) is 0 Å². The Bertz CT molecular complexity index is 1520. The number of tetrazole rings is 1. The van der Waals surface area contributed by atoms with Crippen LogP contribution in [0.5, 0.6) is 0 Å². The van der Waals surface area contributed by atoms with E-state index in [0.29, 0.717) is 28.0 Å². The zero-order chi connectivity index (χ0) is 24.2. The lowest BCUT2D eigenvalue weighted by Crippen LogP contribution is -2.24. The molecule has 0 aliphatic carbocycles. The largest absolute Gasteiger partial charge is 0.342 e. The third kappa shape index (κ3) is 5.24. The topological polar surface area (TPSA) is 90.0 Å². The Hall–Kier alpha value is -4.01. The highest BCUT2D eigenvalue weighted by atomic mass is 35.5. The van der Waals surface area contributed by atoms with Gasteiger partial charge in [-0.25, -0.2) is 5.43 Å². The molecule has 0 bridgehead atoms. The number of aromatic nitrogens is 5. The number of hydrogen-bond donors (Lipinski definition) is 1. The highest BCUT2D eigenvalue weighted by Gasteiger charge is 2.12. The van der Waals surface area contributed by atoms with Crippen LogP contribution in [0.15, 0.2) is 84.1 Å². The summed E-state index contributed by atoms with van der Waals surface area (Å²) in [6, 6.07) is 23.0. The van der Waals surface area contributed by atoms with Crippen LogP contribution >= 0.6 is 23.2 Å². The maximum absolute atomic E-state index is 12.4. The molecular formula is C25H19Cl2N7O. The number of benzene rings is 3. The average Bonchev–Trinajstić information content (AvgIpc) is 3.46. The molecule has 2 aromatic heterocycles. The molecule has 174 valence electrons. The van der Waals surface area contributed by atoms with Crippen molar-refractivity contribution in [3.63, 3.8) is 0 Å². The minimum Gasteiger partial charge on any atom is -0.342 e. The summed E-state index contributed by atoms with van der Waals surface area (Å²) in [7, 11) is 0. The van der Waals surface area contributed by atoms with Crippen LogP contribution in [0.1, 0.15) is 11.1 Å². The van der Waals surface area contributed by atoms with Crippen LogP contribution in [-0.4, -0.2) is 36.9 Å². The molecule has 1 N–H and O–H groups in total. The molecule has 2 heterocycles. The molecule has 0 aliphatic rings. The van der Waals surface area contributed by atoms with E-state index in [1.54, 1.807) is 18.3 Å². The smallest absolute Gasteiger partial charge is 0.263 e. The van der Waals surface area contributed by atoms with Crippen LogP contribution in [0.4, 0.5) is 0 Å². The summed E-state index contributed by atoms with van der Waals surface area (Å²) in [4.78, 5) is 13.6. The first-order valence-electron chi connectivity index (χ1n) is 10.7. The van der Waals surface area contributed by atoms with Crippen molar-refractivity contribution in [3.05, 3.63) is 100 Å². The molecule has 0 atom stereocenters. The number of hydrogen-bond acceptors (Lipinski definition) is 5. The quantitative estimate of drug-likeness (QED) is 0.255. The standard InChI is InChI=1S/C25H19Cl2N7O/c26-19-11-9-17(10-12-19)14-33-15-18(20-5-2-4-8-23(20)33)13-28-29-24(35)16-34-31-25(30-32-34)21-6-1-3-7-22(21)27/h1-13,15H,14,16H2,(H,29,35)/b28-13-. The number of hydrazone groups is 1. The minimum atomic E-state index is -0.380. The van der Waals surface area contributed by atoms with Crippen LogP contribution in [0.25, 0.3) is 22.3 Å². The van der Waals surface area contributed by atoms with E-state index in [1.807, 2.05) is 66.9 Å². The van der Waals surface area contributed by atoms with E-state index in [9.17, 15) is 4.79 Å². The van der Waals surface area contributed by atoms with E-state index < -0.39 is 0 Å². The van der Waals surface area contributed by atoms with E-state index in [4.69, 9.17) is 23.2 Å². The first kappa shape index (κ1) is 22.8. The van der Waals surface area contributed by atoms with Crippen molar-refractivity contribution < 1.29 is 4.79 Å². The first-order valence-corrected chi connectivity index (χ1v) is 11.5. The summed E-state index contributed by atoms with van der Waals surface area (Å²) >= 11 is 12.2. The zero-order valence-corrected chi connectivity index (χ0v) is 19.9. The number of carbonyl (C=O) groups excluding carboxylic acids is 1. The van der Waals surface area contributed by atoms with Gasteiger partial charge in [-0.15, -0.1) is 10.2 Å². The Morgan fingerprint density at radius 2 is 1.77 bits per heavy atom. The summed E-state index contributed by atoms with van der Waals surface area (Å²) in [6.45, 7) is 0.552. The fourth-order valence-corrected chi connectivity index (χ4v) is 4.04. The van der Waals surface area contributed by atoms with Gasteiger partial charge in [-0.05, 0) is 41.1 Å². The molecule has 0 saturated carbocycles. The Morgan fingerprint density at radius 3 is 2.60 bits per heavy atom. The Kier molecular flexibility index (Phi) is 6.56. The number of carbonyl (C=O) groups is 1. The second-order valence-electron chi connectivity index (χ2n) is 7.77. The third-order valence-electron chi connectivity index (χ3n) is 5.33. The molecular weight excluding hydrogens is 485 g/mol. The van der Waals surface area contributed by atoms with Gasteiger partial charge in [0.2, 0.25) is 5.82 Å². The third-order valence-corrected chi connectivity index (χ3v) is 5.91. The van der Waals surface area contributed by atoms with Crippen LogP contribution in [0.3, 0.4) is 0 Å². The van der Waals surface area contributed by atoms with E-state index >= 15 is 0 Å². The van der Waals surface area contributed by atoms with E-state index in [2.05, 4.69) is 30.5 Å². The summed E-state index contributed by atoms with van der Waals surface area (Å²) in [5.41, 5.74) is 6.25. The number of amides is 1. The van der Waals surface area contributed by atoms with Gasteiger partial charge in [0.1, 0.15) is 6.54 Å². The van der Waals surface area contributed by atoms with Gasteiger partial charge in [0, 0.05) is 39.8 Å². The SMILES string of the molecule is O=C(Cn1nnc(-c2ccccc2Cl)n1)N/N=C\c1cn(Cc2ccc(Cl)cc2)c2ccccc12. The van der Waals surface area contributed by atoms with Crippen molar-refractivity contribution in [1.29, 1.82) is 0 Å². The number of rotatable bonds is 7. The number of para-hydroxylation sites is 1. The Balaban J connectivity index is 1.27. The molecule has 3 aromatic carbocycles. The van der Waals surface area contributed by atoms with Gasteiger partial charge < -0.3 is 4.57 Å². The number of nitrogens with zero attached hydrogens (tertiary/aromatic N) is 6. The lowest BCUT2D eigenvalue weighted by atomic mass is 10.2. The number of fused-ring (bicyclic) bond motifs is 1. The fraction of sp³-hybridized carbons (Fsp3) is 0.0800. The van der Waals surface area contributed by atoms with Gasteiger partial charge in [-0.2, -0.15) is 9.90 Å². The van der Waals surface area contributed by atoms with Gasteiger partial charge >= 0.3 is 0 Å². The van der Waals surface area contributed by atoms with Gasteiger partial charge in [0.25, 0.3) is 5.91 Å². The second-order valence-corrected chi connectivity index (χ2v) is 8.62. The maximum Gasteiger partial charge on any atom is 0.263 e. The molecule has 0 saturated heterocycles. The lowest BCUT2D eigenvalue weighted by molar-refractivity contribution is -0.122. The lowest BCUT2D eigenvalue weighted by Gasteiger charge is -2.05. The van der Waals surface area contributed by atoms with Crippen LogP contribution in [-0.2, 0) is 17.9 Å². The minimum absolute atomic E-state index is 0.132. The molecule has 1 amide bonds. The van der Waals surface area contributed by atoms with Crippen molar-refractivity contribution in [2.75, 3.05) is 0 Å². The van der Waals surface area contributed by atoms with Gasteiger partial charge in [0.05, 0.1) is 11.2 Å². The van der Waals surface area contributed by atoms with Crippen molar-refractivity contribution in [2.45, 2.75) is 13.1 Å². The van der Waals surface area contributed by atoms with Crippen molar-refractivity contribution in [3.8, 4) is 11.4 Å². The predicted molar refractivity (Wildman–Crippen MR) is 136 cm³/mol. The fourth-order valence-electron chi connectivity index (χ4n) is 3.69. The predicted octanol–water partition coefficient (Wildman–Crippen LogP) is 4.80. The molecule has 5 aromatic rings. The highest BCUT2D eigenvalue weighted by molar-refractivity contribution is 6.33. The zero-order valence-electron chi connectivity index (χ0n) is 18.3. The molecule has 0 fully saturated rings. The van der Waals surface area contributed by atoms with Crippen LogP contribution in [0.2, 0.25) is 10.0 Å².